The van der Waals surface area contributed by atoms with Crippen LogP contribution in [0.15, 0.2) is 0 Å². The largest absolute Gasteiger partial charge is 0.481 e. The number of likely N-dealkylation sites (tertiary alicyclic amines) is 1. The minimum atomic E-state index is -0.792. The lowest BCUT2D eigenvalue weighted by Crippen LogP contribution is -2.43. The van der Waals surface area contributed by atoms with Gasteiger partial charge in [0.1, 0.15) is 0 Å². The van der Waals surface area contributed by atoms with Crippen molar-refractivity contribution < 1.29 is 19.4 Å². The van der Waals surface area contributed by atoms with Crippen molar-refractivity contribution in [3.63, 3.8) is 0 Å². The molecule has 2 fully saturated rings. The van der Waals surface area contributed by atoms with Gasteiger partial charge in [-0.3, -0.25) is 9.59 Å². The number of carbonyl (C=O) groups excluding carboxylic acids is 1. The number of amides is 1. The second-order valence-corrected chi connectivity index (χ2v) is 4.86. The Morgan fingerprint density at radius 1 is 1.29 bits per heavy atom. The molecule has 0 unspecified atom stereocenters. The second kappa shape index (κ2) is 5.49. The molecule has 1 amide bonds. The Balaban J connectivity index is 1.83. The molecular formula is C12H19NO4. The summed E-state index contributed by atoms with van der Waals surface area (Å²) in [5.41, 5.74) is 0. The van der Waals surface area contributed by atoms with Crippen LogP contribution in [0.25, 0.3) is 0 Å². The lowest BCUT2D eigenvalue weighted by molar-refractivity contribution is -0.146. The summed E-state index contributed by atoms with van der Waals surface area (Å²) in [7, 11) is 0. The van der Waals surface area contributed by atoms with Gasteiger partial charge in [-0.1, -0.05) is 0 Å². The molecule has 0 spiro atoms. The highest BCUT2D eigenvalue weighted by molar-refractivity contribution is 5.78. The van der Waals surface area contributed by atoms with E-state index in [4.69, 9.17) is 9.84 Å². The SMILES string of the molecule is O=C(O)[C@@H]1CCCN(C(=O)C[C@@H]2CCCO2)C1. The summed E-state index contributed by atoms with van der Waals surface area (Å²) < 4.78 is 5.42. The average molecular weight is 241 g/mol. The first kappa shape index (κ1) is 12.4. The van der Waals surface area contributed by atoms with E-state index in [1.54, 1.807) is 4.90 Å². The van der Waals surface area contributed by atoms with E-state index < -0.39 is 11.9 Å². The van der Waals surface area contributed by atoms with Crippen molar-refractivity contribution in [2.24, 2.45) is 5.92 Å². The van der Waals surface area contributed by atoms with Crippen LogP contribution in [0.5, 0.6) is 0 Å². The lowest BCUT2D eigenvalue weighted by Gasteiger charge is -2.31. The summed E-state index contributed by atoms with van der Waals surface area (Å²) >= 11 is 0. The van der Waals surface area contributed by atoms with E-state index in [0.717, 1.165) is 25.9 Å². The van der Waals surface area contributed by atoms with E-state index >= 15 is 0 Å². The summed E-state index contributed by atoms with van der Waals surface area (Å²) in [6.45, 7) is 1.80. The molecule has 2 aliphatic rings. The number of aliphatic carboxylic acids is 1. The molecule has 0 bridgehead atoms. The molecule has 0 radical (unpaired) electrons. The average Bonchev–Trinajstić information content (AvgIpc) is 2.82. The van der Waals surface area contributed by atoms with Gasteiger partial charge in [-0.2, -0.15) is 0 Å². The van der Waals surface area contributed by atoms with Gasteiger partial charge in [-0.25, -0.2) is 0 Å². The number of carboxylic acid groups (broad SMARTS) is 1. The fourth-order valence-corrected chi connectivity index (χ4v) is 2.53. The number of carbonyl (C=O) groups is 2. The van der Waals surface area contributed by atoms with Crippen LogP contribution in [-0.2, 0) is 14.3 Å². The van der Waals surface area contributed by atoms with Gasteiger partial charge in [0.05, 0.1) is 18.4 Å². The zero-order valence-electron chi connectivity index (χ0n) is 9.93. The Morgan fingerprint density at radius 2 is 2.12 bits per heavy atom. The zero-order valence-corrected chi connectivity index (χ0v) is 9.93. The molecular weight excluding hydrogens is 222 g/mol. The van der Waals surface area contributed by atoms with Gasteiger partial charge in [0.2, 0.25) is 5.91 Å². The molecule has 0 aliphatic carbocycles. The number of piperidine rings is 1. The maximum atomic E-state index is 12.0. The van der Waals surface area contributed by atoms with Crippen LogP contribution < -0.4 is 0 Å². The normalized spacial score (nSPS) is 29.3. The molecule has 0 saturated carbocycles. The Hall–Kier alpha value is -1.10. The topological polar surface area (TPSA) is 66.8 Å². The minimum absolute atomic E-state index is 0.0443. The summed E-state index contributed by atoms with van der Waals surface area (Å²) in [6, 6.07) is 0. The van der Waals surface area contributed by atoms with E-state index in [1.807, 2.05) is 0 Å². The van der Waals surface area contributed by atoms with Crippen molar-refractivity contribution >= 4 is 11.9 Å². The van der Waals surface area contributed by atoms with Crippen LogP contribution in [0.1, 0.15) is 32.1 Å². The summed E-state index contributed by atoms with van der Waals surface area (Å²) in [5.74, 6) is -1.14. The van der Waals surface area contributed by atoms with Crippen LogP contribution in [0.2, 0.25) is 0 Å². The van der Waals surface area contributed by atoms with Crippen molar-refractivity contribution in [1.82, 2.24) is 4.90 Å². The molecule has 5 heteroatoms. The first-order chi connectivity index (χ1) is 8.16. The number of nitrogens with zero attached hydrogens (tertiary/aromatic N) is 1. The van der Waals surface area contributed by atoms with Crippen LogP contribution >= 0.6 is 0 Å². The van der Waals surface area contributed by atoms with Gasteiger partial charge in [0.25, 0.3) is 0 Å². The molecule has 1 N–H and O–H groups in total. The number of hydrogen-bond donors (Lipinski definition) is 1. The fourth-order valence-electron chi connectivity index (χ4n) is 2.53. The van der Waals surface area contributed by atoms with Gasteiger partial charge in [0, 0.05) is 19.7 Å². The molecule has 0 aromatic carbocycles. The van der Waals surface area contributed by atoms with E-state index in [1.165, 1.54) is 0 Å². The maximum Gasteiger partial charge on any atom is 0.308 e. The second-order valence-electron chi connectivity index (χ2n) is 4.86. The van der Waals surface area contributed by atoms with Crippen molar-refractivity contribution in [2.45, 2.75) is 38.2 Å². The summed E-state index contributed by atoms with van der Waals surface area (Å²) in [4.78, 5) is 24.6. The van der Waals surface area contributed by atoms with Crippen LogP contribution in [0.3, 0.4) is 0 Å². The quantitative estimate of drug-likeness (QED) is 0.796. The number of rotatable bonds is 3. The molecule has 96 valence electrons. The van der Waals surface area contributed by atoms with Gasteiger partial charge >= 0.3 is 5.97 Å². The van der Waals surface area contributed by atoms with Crippen LogP contribution in [0.4, 0.5) is 0 Å². The number of ether oxygens (including phenoxy) is 1. The molecule has 0 aromatic heterocycles. The Morgan fingerprint density at radius 3 is 2.76 bits per heavy atom. The van der Waals surface area contributed by atoms with Gasteiger partial charge in [-0.15, -0.1) is 0 Å². The molecule has 0 aromatic rings. The first-order valence-corrected chi connectivity index (χ1v) is 6.29. The Labute approximate surface area is 101 Å². The smallest absolute Gasteiger partial charge is 0.308 e. The van der Waals surface area contributed by atoms with Crippen molar-refractivity contribution in [2.75, 3.05) is 19.7 Å². The maximum absolute atomic E-state index is 12.0. The standard InChI is InChI=1S/C12H19NO4/c14-11(7-10-4-2-6-17-10)13-5-1-3-9(8-13)12(15)16/h9-10H,1-8H2,(H,15,16)/t9-,10+/m1/s1. The minimum Gasteiger partial charge on any atom is -0.481 e. The summed E-state index contributed by atoms with van der Waals surface area (Å²) in [5, 5.41) is 8.96. The molecule has 2 saturated heterocycles. The van der Waals surface area contributed by atoms with Crippen LogP contribution in [0, 0.1) is 5.92 Å². The van der Waals surface area contributed by atoms with Crippen molar-refractivity contribution in [1.29, 1.82) is 0 Å². The number of hydrogen-bond acceptors (Lipinski definition) is 3. The molecule has 2 rings (SSSR count). The fraction of sp³-hybridized carbons (Fsp3) is 0.833. The van der Waals surface area contributed by atoms with E-state index in [-0.39, 0.29) is 12.0 Å². The highest BCUT2D eigenvalue weighted by Crippen LogP contribution is 2.20. The highest BCUT2D eigenvalue weighted by atomic mass is 16.5. The zero-order chi connectivity index (χ0) is 12.3. The molecule has 2 heterocycles. The van der Waals surface area contributed by atoms with Gasteiger partial charge < -0.3 is 14.7 Å². The predicted molar refractivity (Wildman–Crippen MR) is 60.5 cm³/mol. The Kier molecular flexibility index (Phi) is 3.99. The van der Waals surface area contributed by atoms with Gasteiger partial charge in [0.15, 0.2) is 0 Å². The first-order valence-electron chi connectivity index (χ1n) is 6.29. The van der Waals surface area contributed by atoms with Crippen LogP contribution in [-0.4, -0.2) is 47.7 Å². The van der Waals surface area contributed by atoms with E-state index in [0.29, 0.717) is 25.9 Å². The summed E-state index contributed by atoms with van der Waals surface area (Å²) in [6.07, 6.45) is 3.89. The van der Waals surface area contributed by atoms with Crippen molar-refractivity contribution in [3.8, 4) is 0 Å². The third-order valence-corrected chi connectivity index (χ3v) is 3.55. The Bertz CT molecular complexity index is 299. The molecule has 5 nitrogen and oxygen atoms in total. The predicted octanol–water partition coefficient (Wildman–Crippen LogP) is 0.879. The van der Waals surface area contributed by atoms with E-state index in [2.05, 4.69) is 0 Å². The van der Waals surface area contributed by atoms with Crippen molar-refractivity contribution in [3.05, 3.63) is 0 Å². The monoisotopic (exact) mass is 241 g/mol. The third-order valence-electron chi connectivity index (χ3n) is 3.55. The third kappa shape index (κ3) is 3.19. The van der Waals surface area contributed by atoms with E-state index in [9.17, 15) is 9.59 Å². The lowest BCUT2D eigenvalue weighted by atomic mass is 9.98. The van der Waals surface area contributed by atoms with Gasteiger partial charge in [-0.05, 0) is 25.7 Å². The molecule has 2 atom stereocenters. The number of carboxylic acids is 1. The molecule has 2 aliphatic heterocycles. The highest BCUT2D eigenvalue weighted by Gasteiger charge is 2.29. The molecule has 17 heavy (non-hydrogen) atoms.